The Morgan fingerprint density at radius 2 is 0.683 bits per heavy atom. The molecule has 0 saturated heterocycles. The number of likely N-dealkylation sites (N-methyl/N-ethyl adjacent to an activating group) is 1. The van der Waals surface area contributed by atoms with Gasteiger partial charge in [0.05, 0.1) is 0 Å². The number of benzene rings is 10. The normalized spacial score (nSPS) is 16.1. The van der Waals surface area contributed by atoms with E-state index in [0.717, 1.165) is 102 Å². The number of methoxy groups -OCH3 is 1. The van der Waals surface area contributed by atoms with E-state index in [2.05, 4.69) is 294 Å². The summed E-state index contributed by atoms with van der Waals surface area (Å²) in [4.78, 5) is 29.7. The first kappa shape index (κ1) is 93.6. The van der Waals surface area contributed by atoms with Crippen molar-refractivity contribution >= 4 is 21.6 Å². The van der Waals surface area contributed by atoms with E-state index >= 15 is 0 Å². The quantitative estimate of drug-likeness (QED) is 0.157. The van der Waals surface area contributed by atoms with Gasteiger partial charge in [-0.05, 0) is 127 Å². The molecule has 7 aliphatic rings. The van der Waals surface area contributed by atoms with Gasteiger partial charge in [0.25, 0.3) is 0 Å². The van der Waals surface area contributed by atoms with Crippen molar-refractivity contribution in [1.29, 1.82) is 0 Å². The van der Waals surface area contributed by atoms with Gasteiger partial charge in [0, 0.05) is 201 Å². The average molecular weight is 2750 g/mol. The molecule has 632 valence electrons. The molecule has 123 heavy (non-hydrogen) atoms. The van der Waals surface area contributed by atoms with Crippen molar-refractivity contribution in [3.05, 3.63) is 458 Å². The molecule has 10 aromatic carbocycles. The van der Waals surface area contributed by atoms with E-state index in [1.54, 1.807) is 19.4 Å². The summed E-state index contributed by atoms with van der Waals surface area (Å²) in [6, 6.07) is 115. The Kier molecular flexibility index (Phi) is 29.1. The molecular formula is C107H83BrFN7OPt6-6. The molecule has 16 heteroatoms. The molecule has 0 bridgehead atoms. The van der Waals surface area contributed by atoms with Gasteiger partial charge in [-0.15, -0.1) is 177 Å². The fourth-order valence-corrected chi connectivity index (χ4v) is 20.2. The zero-order valence-electron chi connectivity index (χ0n) is 68.6. The molecule has 0 spiro atoms. The molecule has 23 rings (SSSR count). The molecule has 16 aromatic rings. The second-order valence-electron chi connectivity index (χ2n) is 32.1. The molecule has 2 atom stereocenters. The summed E-state index contributed by atoms with van der Waals surface area (Å²) >= 11 is 3.63. The van der Waals surface area contributed by atoms with Crippen molar-refractivity contribution in [3.63, 3.8) is 0 Å². The van der Waals surface area contributed by atoms with Crippen LogP contribution in [0.25, 0.3) is 67.5 Å². The molecule has 8 nitrogen and oxygen atoms in total. The summed E-state index contributed by atoms with van der Waals surface area (Å²) in [5, 5.41) is 0. The molecular weight excluding hydrogens is 2670 g/mol. The number of nitrogens with zero attached hydrogens (tertiary/aromatic N) is 7. The number of aromatic nitrogens is 6. The van der Waals surface area contributed by atoms with Crippen molar-refractivity contribution in [3.8, 4) is 67.5 Å². The van der Waals surface area contributed by atoms with E-state index in [4.69, 9.17) is 9.72 Å². The van der Waals surface area contributed by atoms with E-state index < -0.39 is 5.60 Å². The van der Waals surface area contributed by atoms with Crippen LogP contribution in [0.5, 0.6) is 0 Å². The number of fused-ring (bicyclic) bond motifs is 20. The van der Waals surface area contributed by atoms with Gasteiger partial charge < -0.3 is 39.5 Å². The average Bonchev–Trinajstić information content (AvgIpc) is 1.55. The Morgan fingerprint density at radius 1 is 0.333 bits per heavy atom. The van der Waals surface area contributed by atoms with E-state index in [1.807, 2.05) is 142 Å². The fraction of sp³-hybridized carbons (Fsp3) is 0.159. The third kappa shape index (κ3) is 15.7. The van der Waals surface area contributed by atoms with Gasteiger partial charge in [-0.3, -0.25) is 0 Å². The van der Waals surface area contributed by atoms with Crippen molar-refractivity contribution in [1.82, 2.24) is 29.9 Å². The number of halogens is 2. The molecule has 0 amide bonds. The van der Waals surface area contributed by atoms with Crippen LogP contribution in [0.15, 0.2) is 321 Å². The van der Waals surface area contributed by atoms with Crippen LogP contribution in [0.1, 0.15) is 143 Å². The van der Waals surface area contributed by atoms with Crippen LogP contribution in [-0.2, 0) is 170 Å². The maximum Gasteiger partial charge on any atom is 0.104 e. The largest absolute Gasteiger partial charge is 0.390 e. The zero-order chi connectivity index (χ0) is 80.4. The van der Waals surface area contributed by atoms with Gasteiger partial charge in [0.2, 0.25) is 0 Å². The molecule has 0 saturated carbocycles. The minimum absolute atomic E-state index is 0. The van der Waals surface area contributed by atoms with Gasteiger partial charge in [-0.25, -0.2) is 4.39 Å². The SMILES string of the molecule is CC1(C)c2cccnc2-c2[c-]ccc(Br)c21.CC1(C)c2cccnc2-c2[c-]ccc(F)c21.CC1(c2ccccc2)c2ccc[c-]c2-c2ncccc21.CN1CCc2c[c-]c3c(c21)C(C)(C)c1cccnc1-3.COC1(c2ccccc2)c2ccc[c-]c2-c2ncccc21.[Pt].[Pt].[Pt].[Pt].[Pt].[Pt].[c-]1cccc2c1-c1ncccc1C2(c1ccccc1)c1ccccc1. The minimum atomic E-state index is -0.599. The van der Waals surface area contributed by atoms with Crippen LogP contribution in [0.4, 0.5) is 10.1 Å². The number of rotatable bonds is 5. The third-order valence-corrected chi connectivity index (χ3v) is 25.5. The molecule has 6 aliphatic carbocycles. The van der Waals surface area contributed by atoms with Crippen LogP contribution in [0.3, 0.4) is 0 Å². The maximum absolute atomic E-state index is 13.9. The van der Waals surface area contributed by atoms with E-state index in [1.165, 1.54) is 84.1 Å². The predicted octanol–water partition coefficient (Wildman–Crippen LogP) is 23.7. The van der Waals surface area contributed by atoms with Gasteiger partial charge in [0.1, 0.15) is 5.60 Å². The molecule has 2 unspecified atom stereocenters. The summed E-state index contributed by atoms with van der Waals surface area (Å²) in [5.41, 5.74) is 33.2. The number of anilines is 1. The zero-order valence-corrected chi connectivity index (χ0v) is 83.8. The fourth-order valence-electron chi connectivity index (χ4n) is 19.4. The van der Waals surface area contributed by atoms with Gasteiger partial charge in [-0.2, -0.15) is 0 Å². The number of pyridine rings is 6. The summed E-state index contributed by atoms with van der Waals surface area (Å²) in [6.07, 6.45) is 12.2. The van der Waals surface area contributed by atoms with Gasteiger partial charge in [0.15, 0.2) is 0 Å². The van der Waals surface area contributed by atoms with Crippen LogP contribution >= 0.6 is 15.9 Å². The Bertz CT molecular complexity index is 6200. The first-order chi connectivity index (χ1) is 57.0. The second kappa shape index (κ2) is 38.3. The Balaban J connectivity index is 0.000000134. The number of hydrogen-bond acceptors (Lipinski definition) is 8. The van der Waals surface area contributed by atoms with Crippen LogP contribution in [0.2, 0.25) is 0 Å². The van der Waals surface area contributed by atoms with Crippen molar-refractivity contribution in [2.45, 2.75) is 87.6 Å². The van der Waals surface area contributed by atoms with Crippen molar-refractivity contribution in [2.75, 3.05) is 25.6 Å². The van der Waals surface area contributed by atoms with Gasteiger partial charge >= 0.3 is 0 Å². The van der Waals surface area contributed by atoms with E-state index in [0.29, 0.717) is 5.56 Å². The summed E-state index contributed by atoms with van der Waals surface area (Å²) in [6.45, 7) is 16.5. The summed E-state index contributed by atoms with van der Waals surface area (Å²) < 4.78 is 21.1. The van der Waals surface area contributed by atoms with Crippen molar-refractivity contribution in [2.24, 2.45) is 0 Å². The van der Waals surface area contributed by atoms with Crippen LogP contribution in [-0.4, -0.2) is 50.6 Å². The summed E-state index contributed by atoms with van der Waals surface area (Å²) in [7, 11) is 3.95. The molecule has 0 N–H and O–H groups in total. The number of ether oxygens (including phenoxy) is 1. The topological polar surface area (TPSA) is 89.8 Å². The second-order valence-corrected chi connectivity index (χ2v) is 33.0. The smallest absolute Gasteiger partial charge is 0.104 e. The standard InChI is InChI=1S/C24H16N.C19H14NO.C19H14N.C17H17N2.C14H11BrN.C14H11FN.6Pt/c1-3-10-18(11-4-1)24(19-12-5-2-6-13-19)21-15-8-7-14-20(21)23-22(24)16-9-17-25-23;1-21-19(14-8-3-2-4-9-14)16-11-6-5-10-15(16)18-17(19)12-7-13-20-18;1-19(14-8-3-2-4-9-14)16-11-6-5-10-15(16)18-17(19)12-7-13-20-18;1-17(2)13-5-4-9-18-15(13)12-7-6-11-8-10-19(3)16(11)14(12)17;2*1-14(2)10-6-4-8-16-13(10)9-5-3-7-11(15)12(9)14;;;;;;/h1-13,15-17H;2-9,11-13H,1H3;2-9,11-13H,1H3;4-6,9H,8,10H2,1-3H3;2*3-4,6-8H,1-2H3;;;;;;/q6*-1;;;;;;. The number of hydrogen-bond donors (Lipinski definition) is 0. The molecule has 0 radical (unpaired) electrons. The monoisotopic (exact) mass is 2750 g/mol. The Labute approximate surface area is 816 Å². The summed E-state index contributed by atoms with van der Waals surface area (Å²) in [5.74, 6) is -0.170. The van der Waals surface area contributed by atoms with E-state index in [-0.39, 0.29) is 159 Å². The first-order valence-corrected chi connectivity index (χ1v) is 40.5. The van der Waals surface area contributed by atoms with Crippen LogP contribution in [0, 0.1) is 42.2 Å². The van der Waals surface area contributed by atoms with Gasteiger partial charge in [-0.1, -0.05) is 271 Å². The molecule has 1 aliphatic heterocycles. The Hall–Kier alpha value is -8.60. The van der Waals surface area contributed by atoms with Crippen LogP contribution < -0.4 is 4.90 Å². The molecule has 7 heterocycles. The molecule has 6 aromatic heterocycles. The molecule has 0 fully saturated rings. The third-order valence-electron chi connectivity index (χ3n) is 24.8. The predicted molar refractivity (Wildman–Crippen MR) is 469 cm³/mol. The first-order valence-electron chi connectivity index (χ1n) is 39.7. The van der Waals surface area contributed by atoms with E-state index in [9.17, 15) is 4.39 Å². The minimum Gasteiger partial charge on any atom is -0.390 e. The Morgan fingerprint density at radius 3 is 1.18 bits per heavy atom. The maximum atomic E-state index is 13.9. The van der Waals surface area contributed by atoms with Crippen molar-refractivity contribution < 1.29 is 136 Å².